The van der Waals surface area contributed by atoms with Crippen molar-refractivity contribution >= 4 is 79.5 Å². The van der Waals surface area contributed by atoms with Gasteiger partial charge in [0.25, 0.3) is 0 Å². The predicted octanol–water partition coefficient (Wildman–Crippen LogP) is 6.12. The molecule has 3 heterocycles. The Bertz CT molecular complexity index is 1760. The van der Waals surface area contributed by atoms with Crippen molar-refractivity contribution in [2.75, 3.05) is 69.0 Å². The Morgan fingerprint density at radius 2 is 1.66 bits per heavy atom. The number of piperazine rings is 1. The molecule has 0 saturated carbocycles. The van der Waals surface area contributed by atoms with E-state index in [2.05, 4.69) is 44.5 Å². The summed E-state index contributed by atoms with van der Waals surface area (Å²) in [5.41, 5.74) is 2.89. The molecule has 10 nitrogen and oxygen atoms in total. The normalized spacial score (nSPS) is 17.1. The number of nitrogens with zero attached hydrogens (tertiary/aromatic N) is 5. The number of methoxy groups -OCH3 is 1. The first-order chi connectivity index (χ1) is 21.2. The van der Waals surface area contributed by atoms with Crippen LogP contribution in [0.2, 0.25) is 5.02 Å². The van der Waals surface area contributed by atoms with Gasteiger partial charge < -0.3 is 25.2 Å². The smallest absolute Gasteiger partial charge is 0.233 e. The van der Waals surface area contributed by atoms with E-state index in [1.54, 1.807) is 43.5 Å². The van der Waals surface area contributed by atoms with E-state index in [0.29, 0.717) is 45.2 Å². The van der Waals surface area contributed by atoms with Crippen LogP contribution >= 0.6 is 32.8 Å². The summed E-state index contributed by atoms with van der Waals surface area (Å²) >= 11 is 7.76. The molecule has 44 heavy (non-hydrogen) atoms. The molecule has 2 saturated heterocycles. The number of aromatic nitrogens is 2. The number of anilines is 5. The van der Waals surface area contributed by atoms with Gasteiger partial charge in [0.05, 0.1) is 45.2 Å². The van der Waals surface area contributed by atoms with Gasteiger partial charge in [-0.3, -0.25) is 4.90 Å². The van der Waals surface area contributed by atoms with Gasteiger partial charge in [-0.05, 0) is 62.4 Å². The molecule has 13 heteroatoms. The van der Waals surface area contributed by atoms with Crippen LogP contribution in [0.1, 0.15) is 12.8 Å². The topological polar surface area (TPSA) is 103 Å². The van der Waals surface area contributed by atoms with E-state index in [1.165, 1.54) is 21.2 Å². The first-order valence-corrected chi connectivity index (χ1v) is 19.0. The third-order valence-electron chi connectivity index (χ3n) is 8.38. The van der Waals surface area contributed by atoms with Crippen LogP contribution in [0.3, 0.4) is 0 Å². The predicted molar refractivity (Wildman–Crippen MR) is 186 cm³/mol. The van der Waals surface area contributed by atoms with Crippen molar-refractivity contribution in [3.8, 4) is 5.75 Å². The summed E-state index contributed by atoms with van der Waals surface area (Å²) in [5, 5.41) is 7.70. The summed E-state index contributed by atoms with van der Waals surface area (Å²) in [6.45, 7) is 6.61. The summed E-state index contributed by atoms with van der Waals surface area (Å²) in [6.07, 6.45) is 2.30. The number of ether oxygens (including phenoxy) is 1. The number of nitrogens with one attached hydrogen (secondary N) is 2. The number of hydrogen-bond donors (Lipinski definition) is 2. The first-order valence-electron chi connectivity index (χ1n) is 14.6. The van der Waals surface area contributed by atoms with Gasteiger partial charge in [-0.25, -0.2) is 13.4 Å². The zero-order valence-corrected chi connectivity index (χ0v) is 28.4. The molecule has 3 aromatic carbocycles. The van der Waals surface area contributed by atoms with Crippen molar-refractivity contribution in [3.63, 3.8) is 0 Å². The molecule has 4 aromatic rings. The number of hydrogen-bond acceptors (Lipinski definition) is 10. The van der Waals surface area contributed by atoms with E-state index in [-0.39, 0.29) is 4.90 Å². The van der Waals surface area contributed by atoms with E-state index in [0.717, 1.165) is 63.5 Å². The zero-order valence-electron chi connectivity index (χ0n) is 24.6. The van der Waals surface area contributed by atoms with E-state index in [1.807, 2.05) is 12.1 Å². The molecule has 0 unspecified atom stereocenters. The number of fused-ring (bicyclic) bond motifs is 1. The van der Waals surface area contributed by atoms with Gasteiger partial charge in [-0.1, -0.05) is 23.7 Å². The largest absolute Gasteiger partial charge is 0.494 e. The Morgan fingerprint density at radius 3 is 2.39 bits per heavy atom. The molecule has 6 rings (SSSR count). The van der Waals surface area contributed by atoms with E-state index >= 15 is 0 Å². The monoisotopic (exact) mass is 747 g/mol. The van der Waals surface area contributed by atoms with E-state index < -0.39 is 7.01 Å². The third kappa shape index (κ3) is 6.99. The van der Waals surface area contributed by atoms with Gasteiger partial charge in [0.15, 0.2) is 0 Å². The van der Waals surface area contributed by atoms with E-state index in [4.69, 9.17) is 26.3 Å². The SMILES string of the molecule is COc1cc(N2CCC(N3CCN(C)CC3)CC2)ccc1Nc1nc(Nc2ccccc2S(=O)(=O)I)c2cc(Cl)ccc2n1. The summed E-state index contributed by atoms with van der Waals surface area (Å²) in [4.78, 5) is 17.1. The lowest BCUT2D eigenvalue weighted by Crippen LogP contribution is -2.52. The lowest BCUT2D eigenvalue weighted by Gasteiger charge is -2.42. The number of piperidine rings is 1. The van der Waals surface area contributed by atoms with Gasteiger partial charge in [0.1, 0.15) is 16.5 Å². The molecule has 1 aromatic heterocycles. The minimum Gasteiger partial charge on any atom is -0.494 e. The Morgan fingerprint density at radius 1 is 0.909 bits per heavy atom. The second-order valence-corrected chi connectivity index (χ2v) is 16.4. The molecule has 0 atom stereocenters. The standard InChI is InChI=1S/C31H35ClIN7O3S/c1-38-15-17-40(18-16-38)22-11-13-39(14-12-22)23-8-10-26(28(20-23)43-2)36-31-35-25-9-7-21(32)19-24(25)30(37-31)34-27-5-3-4-6-29(27)44(33,41)42/h3-10,19-20,22H,11-18H2,1-2H3,(H2,34,35,36,37). The molecule has 2 N–H and O–H groups in total. The summed E-state index contributed by atoms with van der Waals surface area (Å²) < 4.78 is 30.7. The van der Waals surface area contributed by atoms with Crippen LogP contribution in [0.5, 0.6) is 5.75 Å². The van der Waals surface area contributed by atoms with Crippen molar-refractivity contribution < 1.29 is 13.2 Å². The number of halogens is 2. The quantitative estimate of drug-likeness (QED) is 0.162. The summed E-state index contributed by atoms with van der Waals surface area (Å²) in [6, 6.07) is 18.8. The average molecular weight is 748 g/mol. The van der Waals surface area contributed by atoms with Crippen LogP contribution in [-0.4, -0.2) is 87.7 Å². The number of rotatable bonds is 8. The number of para-hydroxylation sites is 1. The zero-order chi connectivity index (χ0) is 30.8. The van der Waals surface area contributed by atoms with Crippen LogP contribution in [-0.2, 0) is 7.01 Å². The fourth-order valence-corrected chi connectivity index (χ4v) is 7.89. The number of likely N-dealkylation sites (N-methyl/N-ethyl adjacent to an activating group) is 1. The molecule has 2 aliphatic rings. The fourth-order valence-electron chi connectivity index (χ4n) is 5.94. The van der Waals surface area contributed by atoms with Crippen molar-refractivity contribution in [1.29, 1.82) is 0 Å². The van der Waals surface area contributed by atoms with Gasteiger partial charge in [-0.15, -0.1) is 0 Å². The average Bonchev–Trinajstić information content (AvgIpc) is 3.02. The van der Waals surface area contributed by atoms with Crippen LogP contribution in [0.4, 0.5) is 28.8 Å². The highest BCUT2D eigenvalue weighted by Gasteiger charge is 2.27. The van der Waals surface area contributed by atoms with Gasteiger partial charge >= 0.3 is 0 Å². The van der Waals surface area contributed by atoms with Crippen molar-refractivity contribution in [1.82, 2.24) is 19.8 Å². The van der Waals surface area contributed by atoms with Crippen LogP contribution in [0, 0.1) is 0 Å². The minimum atomic E-state index is -3.51. The molecular weight excluding hydrogens is 713 g/mol. The molecule has 0 spiro atoms. The molecular formula is C31H35ClIN7O3S. The second kappa shape index (κ2) is 13.2. The lowest BCUT2D eigenvalue weighted by atomic mass is 10.0. The van der Waals surface area contributed by atoms with Gasteiger partial charge in [-0.2, -0.15) is 4.98 Å². The van der Waals surface area contributed by atoms with Crippen molar-refractivity contribution in [2.45, 2.75) is 23.8 Å². The molecule has 2 fully saturated rings. The Hall–Kier alpha value is -2.91. The highest BCUT2D eigenvalue weighted by Crippen LogP contribution is 2.36. The van der Waals surface area contributed by atoms with Crippen LogP contribution in [0.15, 0.2) is 65.6 Å². The molecule has 0 bridgehead atoms. The van der Waals surface area contributed by atoms with Crippen LogP contribution < -0.4 is 20.3 Å². The Labute approximate surface area is 275 Å². The van der Waals surface area contributed by atoms with Crippen LogP contribution in [0.25, 0.3) is 10.9 Å². The molecule has 0 aliphatic carbocycles. The third-order valence-corrected chi connectivity index (χ3v) is 10.9. The lowest BCUT2D eigenvalue weighted by molar-refractivity contribution is 0.0982. The Balaban J connectivity index is 1.23. The summed E-state index contributed by atoms with van der Waals surface area (Å²) in [7, 11) is 0.344. The van der Waals surface area contributed by atoms with E-state index in [9.17, 15) is 8.42 Å². The maximum Gasteiger partial charge on any atom is 0.233 e. The minimum absolute atomic E-state index is 0.161. The second-order valence-electron chi connectivity index (χ2n) is 11.2. The highest BCUT2D eigenvalue weighted by molar-refractivity contribution is 14.2. The fraction of sp³-hybridized carbons (Fsp3) is 0.355. The van der Waals surface area contributed by atoms with Gasteiger partial charge in [0.2, 0.25) is 13.0 Å². The maximum absolute atomic E-state index is 12.4. The first kappa shape index (κ1) is 31.1. The molecule has 0 amide bonds. The molecule has 232 valence electrons. The molecule has 0 radical (unpaired) electrons. The van der Waals surface area contributed by atoms with Crippen molar-refractivity contribution in [3.05, 3.63) is 65.7 Å². The van der Waals surface area contributed by atoms with Crippen molar-refractivity contribution in [2.24, 2.45) is 0 Å². The Kier molecular flexibility index (Phi) is 9.34. The molecule has 2 aliphatic heterocycles. The highest BCUT2D eigenvalue weighted by atomic mass is 127. The van der Waals surface area contributed by atoms with Gasteiger partial charge in [0, 0.05) is 67.5 Å². The maximum atomic E-state index is 12.4. The summed E-state index contributed by atoms with van der Waals surface area (Å²) in [5.74, 6) is 1.43. The number of benzene rings is 3.